The Labute approximate surface area is 292 Å². The molecule has 2 amide bonds. The van der Waals surface area contributed by atoms with Crippen LogP contribution in [0.5, 0.6) is 11.5 Å². The average Bonchev–Trinajstić information content (AvgIpc) is 3.08. The first-order valence-electron chi connectivity index (χ1n) is 18.6. The van der Waals surface area contributed by atoms with Gasteiger partial charge in [0, 0.05) is 52.4 Å². The summed E-state index contributed by atoms with van der Waals surface area (Å²) in [4.78, 5) is 31.9. The van der Waals surface area contributed by atoms with Crippen LogP contribution in [0.15, 0.2) is 48.5 Å². The van der Waals surface area contributed by atoms with E-state index < -0.39 is 0 Å². The summed E-state index contributed by atoms with van der Waals surface area (Å²) in [5, 5.41) is 0. The third kappa shape index (κ3) is 17.3. The van der Waals surface area contributed by atoms with Crippen LogP contribution in [0.25, 0.3) is 0 Å². The van der Waals surface area contributed by atoms with Crippen LogP contribution >= 0.6 is 0 Å². The molecule has 0 saturated heterocycles. The van der Waals surface area contributed by atoms with Crippen molar-refractivity contribution in [3.8, 4) is 11.5 Å². The molecule has 270 valence electrons. The molecule has 0 unspecified atom stereocenters. The lowest BCUT2D eigenvalue weighted by Gasteiger charge is -2.22. The lowest BCUT2D eigenvalue weighted by atomic mass is 10.0. The van der Waals surface area contributed by atoms with E-state index in [-0.39, 0.29) is 12.2 Å². The minimum absolute atomic E-state index is 0.338. The number of ether oxygens (including phenoxy) is 2. The number of nitrogens with zero attached hydrogens (tertiary/aromatic N) is 4. The fourth-order valence-electron chi connectivity index (χ4n) is 5.81. The van der Waals surface area contributed by atoms with Crippen molar-refractivity contribution in [2.75, 3.05) is 54.4 Å². The maximum atomic E-state index is 12.0. The van der Waals surface area contributed by atoms with Crippen molar-refractivity contribution in [1.29, 1.82) is 0 Å². The Morgan fingerprint density at radius 1 is 0.479 bits per heavy atom. The molecule has 0 aliphatic rings. The smallest absolute Gasteiger partial charge is 0.410 e. The number of rotatable bonds is 25. The van der Waals surface area contributed by atoms with Crippen molar-refractivity contribution in [3.05, 3.63) is 59.7 Å². The topological polar surface area (TPSA) is 65.6 Å². The molecular weight excluding hydrogens is 600 g/mol. The second kappa shape index (κ2) is 25.0. The Morgan fingerprint density at radius 2 is 0.771 bits per heavy atom. The molecule has 0 heterocycles. The van der Waals surface area contributed by atoms with E-state index in [2.05, 4.69) is 35.8 Å². The first kappa shape index (κ1) is 41.1. The number of carbonyl (C=O) groups is 2. The van der Waals surface area contributed by atoms with Gasteiger partial charge in [-0.3, -0.25) is 9.80 Å². The summed E-state index contributed by atoms with van der Waals surface area (Å²) in [6.45, 7) is 10.1. The van der Waals surface area contributed by atoms with E-state index in [0.717, 1.165) is 50.4 Å². The summed E-state index contributed by atoms with van der Waals surface area (Å²) in [6.07, 6.45) is 17.8. The molecule has 0 spiro atoms. The molecule has 2 aromatic rings. The van der Waals surface area contributed by atoms with E-state index in [1.54, 1.807) is 28.2 Å². The number of benzene rings is 2. The van der Waals surface area contributed by atoms with E-state index in [4.69, 9.17) is 9.47 Å². The predicted molar refractivity (Wildman–Crippen MR) is 199 cm³/mol. The zero-order valence-corrected chi connectivity index (χ0v) is 31.2. The average molecular weight is 667 g/mol. The van der Waals surface area contributed by atoms with Crippen molar-refractivity contribution < 1.29 is 19.1 Å². The molecule has 0 radical (unpaired) electrons. The Balaban J connectivity index is 1.45. The lowest BCUT2D eigenvalue weighted by Crippen LogP contribution is -2.27. The van der Waals surface area contributed by atoms with Gasteiger partial charge in [0.2, 0.25) is 0 Å². The fraction of sp³-hybridized carbons (Fsp3) is 0.650. The van der Waals surface area contributed by atoms with Crippen LogP contribution in [-0.4, -0.2) is 86.2 Å². The second-order valence-corrected chi connectivity index (χ2v) is 13.4. The van der Waals surface area contributed by atoms with Crippen molar-refractivity contribution >= 4 is 12.2 Å². The van der Waals surface area contributed by atoms with E-state index in [0.29, 0.717) is 11.5 Å². The van der Waals surface area contributed by atoms with Crippen LogP contribution in [0, 0.1) is 0 Å². The SMILES string of the molecule is CCN(CCCCCCCCCCCCCCCCN(CC)Cc1ccccc1OC(=O)N(C)C)Cc1ccccc1OC(=O)N(C)C. The zero-order valence-electron chi connectivity index (χ0n) is 31.2. The number of hydrogen-bond acceptors (Lipinski definition) is 6. The highest BCUT2D eigenvalue weighted by Crippen LogP contribution is 2.22. The van der Waals surface area contributed by atoms with Gasteiger partial charge in [-0.2, -0.15) is 0 Å². The monoisotopic (exact) mass is 667 g/mol. The Hall–Kier alpha value is -3.10. The summed E-state index contributed by atoms with van der Waals surface area (Å²) >= 11 is 0. The highest BCUT2D eigenvalue weighted by molar-refractivity contribution is 5.71. The third-order valence-electron chi connectivity index (χ3n) is 8.95. The van der Waals surface area contributed by atoms with Gasteiger partial charge in [0.25, 0.3) is 0 Å². The first-order valence-corrected chi connectivity index (χ1v) is 18.6. The minimum Gasteiger partial charge on any atom is -0.410 e. The predicted octanol–water partition coefficient (Wildman–Crippen LogP) is 9.61. The van der Waals surface area contributed by atoms with E-state index in [1.807, 2.05) is 36.4 Å². The Kier molecular flexibility index (Phi) is 21.4. The highest BCUT2D eigenvalue weighted by Gasteiger charge is 2.14. The number of hydrogen-bond donors (Lipinski definition) is 0. The quantitative estimate of drug-likeness (QED) is 0.0984. The van der Waals surface area contributed by atoms with Gasteiger partial charge in [0.05, 0.1) is 0 Å². The molecule has 8 heteroatoms. The summed E-state index contributed by atoms with van der Waals surface area (Å²) in [5.74, 6) is 1.32. The van der Waals surface area contributed by atoms with Gasteiger partial charge in [0.15, 0.2) is 0 Å². The van der Waals surface area contributed by atoms with Crippen molar-refractivity contribution in [1.82, 2.24) is 19.6 Å². The van der Waals surface area contributed by atoms with E-state index in [9.17, 15) is 9.59 Å². The maximum absolute atomic E-state index is 12.0. The first-order chi connectivity index (χ1) is 23.2. The summed E-state index contributed by atoms with van der Waals surface area (Å²) in [5.41, 5.74) is 2.13. The molecule has 0 atom stereocenters. The molecule has 0 bridgehead atoms. The molecule has 8 nitrogen and oxygen atoms in total. The summed E-state index contributed by atoms with van der Waals surface area (Å²) in [6, 6.07) is 15.7. The van der Waals surface area contributed by atoms with Crippen molar-refractivity contribution in [2.24, 2.45) is 0 Å². The maximum Gasteiger partial charge on any atom is 0.414 e. The normalized spacial score (nSPS) is 11.2. The molecule has 0 fully saturated rings. The van der Waals surface area contributed by atoms with Gasteiger partial charge < -0.3 is 19.3 Å². The molecule has 48 heavy (non-hydrogen) atoms. The summed E-state index contributed by atoms with van der Waals surface area (Å²) in [7, 11) is 6.82. The molecule has 0 aliphatic carbocycles. The van der Waals surface area contributed by atoms with Gasteiger partial charge in [-0.05, 0) is 51.2 Å². The Bertz CT molecular complexity index is 1070. The van der Waals surface area contributed by atoms with Gasteiger partial charge in [-0.15, -0.1) is 0 Å². The molecule has 0 aliphatic heterocycles. The number of para-hydroxylation sites is 2. The lowest BCUT2D eigenvalue weighted by molar-refractivity contribution is 0.169. The third-order valence-corrected chi connectivity index (χ3v) is 8.95. The van der Waals surface area contributed by atoms with Crippen molar-refractivity contribution in [2.45, 2.75) is 117 Å². The van der Waals surface area contributed by atoms with E-state index >= 15 is 0 Å². The van der Waals surface area contributed by atoms with E-state index in [1.165, 1.54) is 99.7 Å². The van der Waals surface area contributed by atoms with Crippen LogP contribution in [0.3, 0.4) is 0 Å². The molecular formula is C40H66N4O4. The molecule has 0 saturated carbocycles. The van der Waals surface area contributed by atoms with Gasteiger partial charge in [-0.25, -0.2) is 9.59 Å². The number of carbonyl (C=O) groups excluding carboxylic acids is 2. The van der Waals surface area contributed by atoms with Gasteiger partial charge >= 0.3 is 12.2 Å². The van der Waals surface area contributed by atoms with Crippen LogP contribution < -0.4 is 9.47 Å². The largest absolute Gasteiger partial charge is 0.414 e. The zero-order chi connectivity index (χ0) is 35.0. The minimum atomic E-state index is -0.338. The van der Waals surface area contributed by atoms with Gasteiger partial charge in [0.1, 0.15) is 11.5 Å². The standard InChI is InChI=1S/C40H66N4O4/c1-7-43(33-35-27-21-23-29-37(35)47-39(45)41(3)4)31-25-19-17-15-13-11-9-10-12-14-16-18-20-26-32-44(8-2)34-36-28-22-24-30-38(36)48-40(46)42(5)6/h21-24,27-30H,7-20,25-26,31-34H2,1-6H3. The molecule has 0 aromatic heterocycles. The number of amides is 2. The fourth-order valence-corrected chi connectivity index (χ4v) is 5.81. The number of unbranched alkanes of at least 4 members (excludes halogenated alkanes) is 13. The molecule has 2 rings (SSSR count). The van der Waals surface area contributed by atoms with Crippen LogP contribution in [-0.2, 0) is 13.1 Å². The van der Waals surface area contributed by atoms with Gasteiger partial charge in [-0.1, -0.05) is 127 Å². The van der Waals surface area contributed by atoms with Crippen LogP contribution in [0.1, 0.15) is 115 Å². The highest BCUT2D eigenvalue weighted by atomic mass is 16.6. The van der Waals surface area contributed by atoms with Crippen LogP contribution in [0.2, 0.25) is 0 Å². The second-order valence-electron chi connectivity index (χ2n) is 13.4. The summed E-state index contributed by atoms with van der Waals surface area (Å²) < 4.78 is 11.1. The Morgan fingerprint density at radius 3 is 1.06 bits per heavy atom. The van der Waals surface area contributed by atoms with Crippen molar-refractivity contribution in [3.63, 3.8) is 0 Å². The molecule has 0 N–H and O–H groups in total. The molecule has 2 aromatic carbocycles. The van der Waals surface area contributed by atoms with Crippen LogP contribution in [0.4, 0.5) is 9.59 Å².